The SMILES string of the molecule is CNS(=O)(=O)c1cc(C(=O)N2CCC[C@H](c3nc4ccccc4[nH]3)C2)n(C)c1. The lowest BCUT2D eigenvalue weighted by atomic mass is 9.97. The molecule has 1 aliphatic rings. The largest absolute Gasteiger partial charge is 0.345 e. The van der Waals surface area contributed by atoms with Crippen LogP contribution in [0.1, 0.15) is 35.1 Å². The Morgan fingerprint density at radius 3 is 2.86 bits per heavy atom. The molecule has 9 heteroatoms. The Kier molecular flexibility index (Phi) is 4.72. The first kappa shape index (κ1) is 18.7. The number of rotatable bonds is 4. The molecule has 1 fully saturated rings. The van der Waals surface area contributed by atoms with Gasteiger partial charge in [0, 0.05) is 32.3 Å². The quantitative estimate of drug-likeness (QED) is 0.697. The number of likely N-dealkylation sites (tertiary alicyclic amines) is 1. The highest BCUT2D eigenvalue weighted by atomic mass is 32.2. The lowest BCUT2D eigenvalue weighted by Gasteiger charge is -2.31. The van der Waals surface area contributed by atoms with Crippen LogP contribution in [0.15, 0.2) is 41.4 Å². The molecule has 1 aliphatic heterocycles. The molecule has 8 nitrogen and oxygen atoms in total. The Morgan fingerprint density at radius 2 is 2.11 bits per heavy atom. The molecule has 0 saturated carbocycles. The number of nitrogens with zero attached hydrogens (tertiary/aromatic N) is 3. The first-order chi connectivity index (χ1) is 13.4. The Bertz CT molecular complexity index is 1100. The van der Waals surface area contributed by atoms with Gasteiger partial charge < -0.3 is 14.5 Å². The Labute approximate surface area is 163 Å². The molecule has 1 saturated heterocycles. The van der Waals surface area contributed by atoms with E-state index < -0.39 is 10.0 Å². The number of nitrogens with one attached hydrogen (secondary N) is 2. The van der Waals surface area contributed by atoms with Crippen molar-refractivity contribution in [2.45, 2.75) is 23.7 Å². The summed E-state index contributed by atoms with van der Waals surface area (Å²) in [6, 6.07) is 9.31. The smallest absolute Gasteiger partial charge is 0.270 e. The zero-order valence-corrected chi connectivity index (χ0v) is 16.7. The van der Waals surface area contributed by atoms with Gasteiger partial charge >= 0.3 is 0 Å². The van der Waals surface area contributed by atoms with Crippen LogP contribution < -0.4 is 4.72 Å². The number of sulfonamides is 1. The van der Waals surface area contributed by atoms with E-state index in [0.717, 1.165) is 29.7 Å². The van der Waals surface area contributed by atoms with Crippen molar-refractivity contribution in [3.05, 3.63) is 48.0 Å². The maximum atomic E-state index is 13.1. The lowest BCUT2D eigenvalue weighted by Crippen LogP contribution is -2.40. The van der Waals surface area contributed by atoms with Gasteiger partial charge in [0.15, 0.2) is 0 Å². The van der Waals surface area contributed by atoms with E-state index >= 15 is 0 Å². The van der Waals surface area contributed by atoms with Gasteiger partial charge in [-0.15, -0.1) is 0 Å². The number of piperidine rings is 1. The third-order valence-corrected chi connectivity index (χ3v) is 6.66. The van der Waals surface area contributed by atoms with Crippen molar-refractivity contribution in [3.63, 3.8) is 0 Å². The van der Waals surface area contributed by atoms with Crippen LogP contribution in [0.5, 0.6) is 0 Å². The maximum absolute atomic E-state index is 13.1. The van der Waals surface area contributed by atoms with Crippen LogP contribution in [0.3, 0.4) is 0 Å². The molecule has 148 valence electrons. The summed E-state index contributed by atoms with van der Waals surface area (Å²) in [6.07, 6.45) is 3.29. The number of carbonyl (C=O) groups is 1. The van der Waals surface area contributed by atoms with Crippen molar-refractivity contribution in [3.8, 4) is 0 Å². The van der Waals surface area contributed by atoms with Gasteiger partial charge in [0.2, 0.25) is 10.0 Å². The molecule has 28 heavy (non-hydrogen) atoms. The van der Waals surface area contributed by atoms with E-state index in [0.29, 0.717) is 18.8 Å². The molecule has 0 spiro atoms. The molecule has 0 unspecified atom stereocenters. The van der Waals surface area contributed by atoms with Crippen molar-refractivity contribution >= 4 is 27.0 Å². The molecule has 3 heterocycles. The standard InChI is InChI=1S/C19H23N5O3S/c1-20-28(26,27)14-10-17(23(2)12-14)19(25)24-9-5-6-13(11-24)18-21-15-7-3-4-8-16(15)22-18/h3-4,7-8,10,12-13,20H,5-6,9,11H2,1-2H3,(H,21,22)/t13-/m0/s1. The number of amides is 1. The highest BCUT2D eigenvalue weighted by Crippen LogP contribution is 2.28. The van der Waals surface area contributed by atoms with Crippen molar-refractivity contribution in [1.82, 2.24) is 24.2 Å². The average molecular weight is 401 g/mol. The van der Waals surface area contributed by atoms with Crippen molar-refractivity contribution in [2.75, 3.05) is 20.1 Å². The summed E-state index contributed by atoms with van der Waals surface area (Å²) >= 11 is 0. The van der Waals surface area contributed by atoms with Gasteiger partial charge in [0.05, 0.1) is 11.0 Å². The minimum atomic E-state index is -3.59. The molecule has 2 aromatic heterocycles. The first-order valence-corrected chi connectivity index (χ1v) is 10.7. The second-order valence-corrected chi connectivity index (χ2v) is 9.00. The van der Waals surface area contributed by atoms with Crippen molar-refractivity contribution < 1.29 is 13.2 Å². The number of aryl methyl sites for hydroxylation is 1. The van der Waals surface area contributed by atoms with Gasteiger partial charge in [0.25, 0.3) is 5.91 Å². The number of para-hydroxylation sites is 2. The summed E-state index contributed by atoms with van der Waals surface area (Å²) in [6.45, 7) is 1.20. The zero-order chi connectivity index (χ0) is 19.9. The average Bonchev–Trinajstić information content (AvgIpc) is 3.31. The molecule has 2 N–H and O–H groups in total. The number of hydrogen-bond donors (Lipinski definition) is 2. The first-order valence-electron chi connectivity index (χ1n) is 9.23. The van der Waals surface area contributed by atoms with Crippen molar-refractivity contribution in [1.29, 1.82) is 0 Å². The monoisotopic (exact) mass is 401 g/mol. The van der Waals surface area contributed by atoms with E-state index in [1.54, 1.807) is 16.5 Å². The fraction of sp³-hybridized carbons (Fsp3) is 0.368. The summed E-state index contributed by atoms with van der Waals surface area (Å²) in [4.78, 5) is 23.0. The molecule has 1 aromatic carbocycles. The van der Waals surface area contributed by atoms with Crippen molar-refractivity contribution in [2.24, 2.45) is 7.05 Å². The van der Waals surface area contributed by atoms with E-state index in [9.17, 15) is 13.2 Å². The molecule has 0 aliphatic carbocycles. The number of H-pyrrole nitrogens is 1. The Hall–Kier alpha value is -2.65. The third kappa shape index (κ3) is 3.31. The highest BCUT2D eigenvalue weighted by Gasteiger charge is 2.29. The van der Waals surface area contributed by atoms with Gasteiger partial charge in [-0.2, -0.15) is 0 Å². The van der Waals surface area contributed by atoms with E-state index in [4.69, 9.17) is 0 Å². The number of hydrogen-bond acceptors (Lipinski definition) is 4. The molecule has 3 aromatic rings. The van der Waals surface area contributed by atoms with Crippen LogP contribution in [-0.2, 0) is 17.1 Å². The third-order valence-electron chi connectivity index (χ3n) is 5.28. The van der Waals surface area contributed by atoms with Crippen LogP contribution in [0, 0.1) is 0 Å². The van der Waals surface area contributed by atoms with E-state index in [-0.39, 0.29) is 16.7 Å². The summed E-state index contributed by atoms with van der Waals surface area (Å²) in [5, 5.41) is 0. The lowest BCUT2D eigenvalue weighted by molar-refractivity contribution is 0.0695. The number of fused-ring (bicyclic) bond motifs is 1. The predicted octanol–water partition coefficient (Wildman–Crippen LogP) is 1.83. The minimum absolute atomic E-state index is 0.0895. The van der Waals surface area contributed by atoms with Crippen LogP contribution >= 0.6 is 0 Å². The van der Waals surface area contributed by atoms with Crippen LogP contribution in [0.2, 0.25) is 0 Å². The second kappa shape index (κ2) is 7.06. The predicted molar refractivity (Wildman–Crippen MR) is 106 cm³/mol. The Morgan fingerprint density at radius 1 is 1.32 bits per heavy atom. The Balaban J connectivity index is 1.57. The van der Waals surface area contributed by atoms with Crippen LogP contribution in [0.25, 0.3) is 11.0 Å². The van der Waals surface area contributed by atoms with Gasteiger partial charge in [-0.05, 0) is 38.1 Å². The molecular formula is C19H23N5O3S. The topological polar surface area (TPSA) is 100 Å². The molecule has 4 rings (SSSR count). The van der Waals surface area contributed by atoms with Crippen LogP contribution in [0.4, 0.5) is 0 Å². The van der Waals surface area contributed by atoms with Gasteiger partial charge in [-0.1, -0.05) is 12.1 Å². The summed E-state index contributed by atoms with van der Waals surface area (Å²) in [5.74, 6) is 0.857. The van der Waals surface area contributed by atoms with E-state index in [2.05, 4.69) is 14.7 Å². The molecular weight excluding hydrogens is 378 g/mol. The number of aromatic amines is 1. The molecule has 1 atom stereocenters. The zero-order valence-electron chi connectivity index (χ0n) is 15.8. The van der Waals surface area contributed by atoms with Crippen LogP contribution in [-0.4, -0.2) is 53.9 Å². The summed E-state index contributed by atoms with van der Waals surface area (Å²) in [7, 11) is -0.553. The second-order valence-electron chi connectivity index (χ2n) is 7.11. The fourth-order valence-electron chi connectivity index (χ4n) is 3.72. The normalized spacial score (nSPS) is 17.9. The summed E-state index contributed by atoms with van der Waals surface area (Å²) < 4.78 is 27.9. The van der Waals surface area contributed by atoms with Gasteiger partial charge in [0.1, 0.15) is 16.4 Å². The molecule has 1 amide bonds. The number of aromatic nitrogens is 3. The summed E-state index contributed by atoms with van der Waals surface area (Å²) in [5.41, 5.74) is 2.27. The molecule has 0 radical (unpaired) electrons. The minimum Gasteiger partial charge on any atom is -0.345 e. The van der Waals surface area contributed by atoms with Gasteiger partial charge in [-0.25, -0.2) is 18.1 Å². The van der Waals surface area contributed by atoms with E-state index in [1.165, 1.54) is 19.3 Å². The fourth-order valence-corrected chi connectivity index (χ4v) is 4.52. The number of benzene rings is 1. The number of carbonyl (C=O) groups excluding carboxylic acids is 1. The van der Waals surface area contributed by atoms with E-state index in [1.807, 2.05) is 24.3 Å². The van der Waals surface area contributed by atoms with Gasteiger partial charge in [-0.3, -0.25) is 4.79 Å². The highest BCUT2D eigenvalue weighted by molar-refractivity contribution is 7.89. The number of imidazole rings is 1. The molecule has 0 bridgehead atoms. The maximum Gasteiger partial charge on any atom is 0.270 e.